The van der Waals surface area contributed by atoms with Crippen molar-refractivity contribution in [2.75, 3.05) is 44.6 Å². The molecule has 0 aliphatic carbocycles. The van der Waals surface area contributed by atoms with Gasteiger partial charge >= 0.3 is 11.7 Å². The van der Waals surface area contributed by atoms with Crippen molar-refractivity contribution in [1.29, 1.82) is 0 Å². The lowest BCUT2D eigenvalue weighted by Gasteiger charge is -2.33. The number of thiazole rings is 1. The van der Waals surface area contributed by atoms with E-state index >= 15 is 0 Å². The largest absolute Gasteiger partial charge is 0.450 e. The molecule has 9 nitrogen and oxygen atoms in total. The molecule has 162 valence electrons. The highest BCUT2D eigenvalue weighted by atomic mass is 32.1. The normalized spacial score (nSPS) is 14.5. The fraction of sp³-hybridized carbons (Fsp3) is 0.333. The van der Waals surface area contributed by atoms with Crippen molar-refractivity contribution in [3.05, 3.63) is 46.1 Å². The maximum atomic E-state index is 12.4. The predicted octanol–water partition coefficient (Wildman–Crippen LogP) is 2.63. The molecule has 31 heavy (non-hydrogen) atoms. The number of benzene rings is 1. The van der Waals surface area contributed by atoms with Crippen LogP contribution < -0.4 is 10.9 Å². The number of carbonyl (C=O) groups excluding carboxylic acids is 2. The minimum atomic E-state index is -0.471. The van der Waals surface area contributed by atoms with E-state index in [9.17, 15) is 14.4 Å². The number of anilines is 1. The molecule has 1 N–H and O–H groups in total. The molecule has 2 aromatic heterocycles. The minimum absolute atomic E-state index is 0.198. The molecule has 1 aliphatic rings. The summed E-state index contributed by atoms with van der Waals surface area (Å²) in [6.07, 6.45) is -0.319. The summed E-state index contributed by atoms with van der Waals surface area (Å²) in [6.45, 7) is 4.54. The van der Waals surface area contributed by atoms with Gasteiger partial charge in [-0.2, -0.15) is 0 Å². The number of piperazine rings is 1. The van der Waals surface area contributed by atoms with E-state index in [1.165, 1.54) is 11.3 Å². The van der Waals surface area contributed by atoms with Crippen molar-refractivity contribution in [2.24, 2.45) is 0 Å². The number of hydrogen-bond acceptors (Lipinski definition) is 8. The lowest BCUT2D eigenvalue weighted by atomic mass is 10.1. The van der Waals surface area contributed by atoms with Crippen LogP contribution in [0.2, 0.25) is 0 Å². The van der Waals surface area contributed by atoms with Gasteiger partial charge in [0.2, 0.25) is 5.91 Å². The van der Waals surface area contributed by atoms with Crippen molar-refractivity contribution >= 4 is 39.4 Å². The fourth-order valence-electron chi connectivity index (χ4n) is 3.36. The summed E-state index contributed by atoms with van der Waals surface area (Å²) >= 11 is 1.25. The van der Waals surface area contributed by atoms with Crippen molar-refractivity contribution < 1.29 is 18.7 Å². The molecule has 0 radical (unpaired) electrons. The first-order valence-electron chi connectivity index (χ1n) is 9.96. The Balaban J connectivity index is 1.35. The fourth-order valence-corrected chi connectivity index (χ4v) is 4.09. The van der Waals surface area contributed by atoms with Gasteiger partial charge in [0.25, 0.3) is 0 Å². The molecule has 1 saturated heterocycles. The smallest absolute Gasteiger partial charge is 0.409 e. The van der Waals surface area contributed by atoms with Gasteiger partial charge in [-0.1, -0.05) is 18.2 Å². The molecule has 1 aromatic carbocycles. The standard InChI is InChI=1S/C21H22N4O5S/c1-2-29-21(28)25-9-7-24(8-10-25)12-18(26)23-20-22-16(13-31-20)15-11-14-5-3-4-6-17(14)30-19(15)27/h3-6,11,13H,2,7-10,12H2,1H3,(H,22,23,26). The van der Waals surface area contributed by atoms with Crippen LogP contribution in [0, 0.1) is 0 Å². The van der Waals surface area contributed by atoms with Gasteiger partial charge in [0, 0.05) is 36.9 Å². The molecule has 10 heteroatoms. The number of rotatable bonds is 5. The van der Waals surface area contributed by atoms with Gasteiger partial charge in [-0.3, -0.25) is 9.69 Å². The average Bonchev–Trinajstić information content (AvgIpc) is 3.22. The molecule has 3 heterocycles. The zero-order valence-corrected chi connectivity index (χ0v) is 17.8. The van der Waals surface area contributed by atoms with E-state index in [-0.39, 0.29) is 18.5 Å². The van der Waals surface area contributed by atoms with Gasteiger partial charge in [0.15, 0.2) is 5.13 Å². The van der Waals surface area contributed by atoms with E-state index in [1.54, 1.807) is 35.4 Å². The number of para-hydroxylation sites is 1. The van der Waals surface area contributed by atoms with Crippen LogP contribution in [0.5, 0.6) is 0 Å². The van der Waals surface area contributed by atoms with Crippen LogP contribution >= 0.6 is 11.3 Å². The summed E-state index contributed by atoms with van der Waals surface area (Å²) < 4.78 is 10.4. The van der Waals surface area contributed by atoms with Crippen LogP contribution in [0.25, 0.3) is 22.2 Å². The Labute approximate surface area is 182 Å². The van der Waals surface area contributed by atoms with Gasteiger partial charge < -0.3 is 19.4 Å². The van der Waals surface area contributed by atoms with Crippen LogP contribution in [-0.4, -0.2) is 66.1 Å². The zero-order chi connectivity index (χ0) is 21.8. The van der Waals surface area contributed by atoms with E-state index in [2.05, 4.69) is 10.3 Å². The van der Waals surface area contributed by atoms with E-state index in [0.29, 0.717) is 54.8 Å². The molecule has 0 atom stereocenters. The quantitative estimate of drug-likeness (QED) is 0.606. The number of nitrogens with zero attached hydrogens (tertiary/aromatic N) is 3. The number of hydrogen-bond donors (Lipinski definition) is 1. The monoisotopic (exact) mass is 442 g/mol. The van der Waals surface area contributed by atoms with Crippen LogP contribution in [0.3, 0.4) is 0 Å². The molecule has 0 spiro atoms. The first-order chi connectivity index (χ1) is 15.0. The van der Waals surface area contributed by atoms with Gasteiger partial charge in [-0.15, -0.1) is 11.3 Å². The van der Waals surface area contributed by atoms with Gasteiger partial charge in [0.05, 0.1) is 24.4 Å². The number of carbonyl (C=O) groups is 2. The number of fused-ring (bicyclic) bond motifs is 1. The van der Waals surface area contributed by atoms with Crippen LogP contribution in [-0.2, 0) is 9.53 Å². The topological polar surface area (TPSA) is 105 Å². The van der Waals surface area contributed by atoms with Crippen LogP contribution in [0.1, 0.15) is 6.92 Å². The summed E-state index contributed by atoms with van der Waals surface area (Å²) in [5, 5.41) is 5.71. The predicted molar refractivity (Wildman–Crippen MR) is 117 cm³/mol. The van der Waals surface area contributed by atoms with Crippen LogP contribution in [0.15, 0.2) is 44.9 Å². The summed E-state index contributed by atoms with van der Waals surface area (Å²) in [5.74, 6) is -0.198. The van der Waals surface area contributed by atoms with E-state index in [0.717, 1.165) is 5.39 Å². The van der Waals surface area contributed by atoms with E-state index < -0.39 is 5.63 Å². The third kappa shape index (κ3) is 4.92. The molecule has 0 unspecified atom stereocenters. The maximum Gasteiger partial charge on any atom is 0.409 e. The lowest BCUT2D eigenvalue weighted by molar-refractivity contribution is -0.117. The summed E-state index contributed by atoms with van der Waals surface area (Å²) in [5.41, 5.74) is 0.859. The minimum Gasteiger partial charge on any atom is -0.450 e. The lowest BCUT2D eigenvalue weighted by Crippen LogP contribution is -2.50. The second-order valence-electron chi connectivity index (χ2n) is 7.03. The van der Waals surface area contributed by atoms with Crippen molar-refractivity contribution in [3.63, 3.8) is 0 Å². The van der Waals surface area contributed by atoms with Gasteiger partial charge in [0.1, 0.15) is 5.58 Å². The van der Waals surface area contributed by atoms with Gasteiger partial charge in [-0.05, 0) is 19.1 Å². The molecule has 1 fully saturated rings. The number of nitrogens with one attached hydrogen (secondary N) is 1. The van der Waals surface area contributed by atoms with Crippen molar-refractivity contribution in [3.8, 4) is 11.3 Å². The molecular formula is C21H22N4O5S. The highest BCUT2D eigenvalue weighted by Gasteiger charge is 2.23. The highest BCUT2D eigenvalue weighted by Crippen LogP contribution is 2.25. The molecule has 3 aromatic rings. The summed E-state index contributed by atoms with van der Waals surface area (Å²) in [7, 11) is 0. The summed E-state index contributed by atoms with van der Waals surface area (Å²) in [4.78, 5) is 44.5. The Kier molecular flexibility index (Phi) is 6.28. The zero-order valence-electron chi connectivity index (χ0n) is 17.0. The summed E-state index contributed by atoms with van der Waals surface area (Å²) in [6, 6.07) is 9.01. The molecule has 4 rings (SSSR count). The van der Waals surface area contributed by atoms with Crippen LogP contribution in [0.4, 0.5) is 9.93 Å². The van der Waals surface area contributed by atoms with Crippen molar-refractivity contribution in [1.82, 2.24) is 14.8 Å². The molecule has 0 saturated carbocycles. The Morgan fingerprint density at radius 2 is 2.00 bits per heavy atom. The number of amides is 2. The molecule has 1 aliphatic heterocycles. The number of ether oxygens (including phenoxy) is 1. The third-order valence-corrected chi connectivity index (χ3v) is 5.69. The maximum absolute atomic E-state index is 12.4. The number of aromatic nitrogens is 1. The second-order valence-corrected chi connectivity index (χ2v) is 7.89. The Hall–Kier alpha value is -3.24. The first kappa shape index (κ1) is 21.0. The molecular weight excluding hydrogens is 420 g/mol. The average molecular weight is 442 g/mol. The Morgan fingerprint density at radius 1 is 1.23 bits per heavy atom. The second kappa shape index (κ2) is 9.27. The Morgan fingerprint density at radius 3 is 2.77 bits per heavy atom. The molecule has 0 bridgehead atoms. The highest BCUT2D eigenvalue weighted by molar-refractivity contribution is 7.14. The van der Waals surface area contributed by atoms with E-state index in [1.807, 2.05) is 17.0 Å². The SMILES string of the molecule is CCOC(=O)N1CCN(CC(=O)Nc2nc(-c3cc4ccccc4oc3=O)cs2)CC1. The molecule has 2 amide bonds. The Bertz CT molecular complexity index is 1150. The van der Waals surface area contributed by atoms with Gasteiger partial charge in [-0.25, -0.2) is 14.6 Å². The first-order valence-corrected chi connectivity index (χ1v) is 10.8. The van der Waals surface area contributed by atoms with E-state index in [4.69, 9.17) is 9.15 Å². The van der Waals surface area contributed by atoms with Crippen molar-refractivity contribution in [2.45, 2.75) is 6.92 Å². The third-order valence-electron chi connectivity index (χ3n) is 4.93.